The minimum Gasteiger partial charge on any atom is -0.494 e. The highest BCUT2D eigenvalue weighted by Crippen LogP contribution is 2.35. The van der Waals surface area contributed by atoms with Crippen molar-refractivity contribution in [3.05, 3.63) is 88.5 Å². The van der Waals surface area contributed by atoms with Crippen LogP contribution in [-0.4, -0.2) is 33.4 Å². The largest absolute Gasteiger partial charge is 0.494 e. The number of H-pyrrole nitrogens is 1. The van der Waals surface area contributed by atoms with Gasteiger partial charge in [-0.05, 0) is 67.2 Å². The molecular weight excluding hydrogens is 464 g/mol. The highest BCUT2D eigenvalue weighted by molar-refractivity contribution is 7.80. The molecule has 8 nitrogen and oxygen atoms in total. The van der Waals surface area contributed by atoms with Crippen LogP contribution in [0.2, 0.25) is 0 Å². The monoisotopic (exact) mass is 488 g/mol. The van der Waals surface area contributed by atoms with E-state index in [4.69, 9.17) is 26.4 Å². The average Bonchev–Trinajstić information content (AvgIpc) is 3.32. The molecule has 0 fully saturated rings. The minimum absolute atomic E-state index is 0.174. The first-order chi connectivity index (χ1) is 17.1. The van der Waals surface area contributed by atoms with E-state index in [1.165, 1.54) is 0 Å². The van der Waals surface area contributed by atoms with E-state index < -0.39 is 0 Å². The van der Waals surface area contributed by atoms with Gasteiger partial charge in [-0.25, -0.2) is 0 Å². The molecule has 1 aliphatic rings. The van der Waals surface area contributed by atoms with Gasteiger partial charge in [0.15, 0.2) is 16.6 Å². The van der Waals surface area contributed by atoms with Crippen LogP contribution in [-0.2, 0) is 13.1 Å². The molecule has 0 saturated heterocycles. The summed E-state index contributed by atoms with van der Waals surface area (Å²) in [5.41, 5.74) is 2.89. The van der Waals surface area contributed by atoms with Gasteiger partial charge in [0, 0.05) is 41.6 Å². The van der Waals surface area contributed by atoms with Crippen molar-refractivity contribution in [2.24, 2.45) is 0 Å². The molecule has 0 atom stereocenters. The Morgan fingerprint density at radius 3 is 2.69 bits per heavy atom. The number of aromatic nitrogens is 2. The number of ether oxygens (including phenoxy) is 3. The average molecular weight is 489 g/mol. The van der Waals surface area contributed by atoms with Gasteiger partial charge < -0.3 is 29.4 Å². The second kappa shape index (κ2) is 10.0. The summed E-state index contributed by atoms with van der Waals surface area (Å²) in [5, 5.41) is 4.62. The minimum atomic E-state index is -0.184. The molecular formula is C26H24N4O4S. The third kappa shape index (κ3) is 5.20. The summed E-state index contributed by atoms with van der Waals surface area (Å²) >= 11 is 5.76. The molecule has 0 amide bonds. The zero-order chi connectivity index (χ0) is 24.2. The summed E-state index contributed by atoms with van der Waals surface area (Å²) in [4.78, 5) is 22.1. The van der Waals surface area contributed by atoms with E-state index >= 15 is 0 Å². The number of thiocarbonyl (C=S) groups is 1. The van der Waals surface area contributed by atoms with Crippen molar-refractivity contribution in [3.63, 3.8) is 0 Å². The van der Waals surface area contributed by atoms with Gasteiger partial charge in [0.2, 0.25) is 6.79 Å². The molecule has 0 bridgehead atoms. The number of nitrogens with one attached hydrogen (secondary N) is 2. The van der Waals surface area contributed by atoms with Crippen molar-refractivity contribution in [1.82, 2.24) is 14.9 Å². The second-order valence-electron chi connectivity index (χ2n) is 8.02. The lowest BCUT2D eigenvalue weighted by Crippen LogP contribution is -2.35. The molecule has 1 aliphatic heterocycles. The van der Waals surface area contributed by atoms with Gasteiger partial charge in [0.25, 0.3) is 5.56 Å². The molecule has 4 aromatic rings. The molecule has 9 heteroatoms. The second-order valence-corrected chi connectivity index (χ2v) is 8.41. The Kier molecular flexibility index (Phi) is 6.49. The molecule has 0 spiro atoms. The predicted molar refractivity (Wildman–Crippen MR) is 138 cm³/mol. The lowest BCUT2D eigenvalue weighted by atomic mass is 10.1. The number of fused-ring (bicyclic) bond motifs is 2. The van der Waals surface area contributed by atoms with Gasteiger partial charge in [-0.2, -0.15) is 0 Å². The molecule has 0 aliphatic carbocycles. The fourth-order valence-electron chi connectivity index (χ4n) is 3.88. The molecule has 0 saturated carbocycles. The Balaban J connectivity index is 1.42. The molecule has 0 radical (unpaired) electrons. The molecule has 2 aromatic heterocycles. The van der Waals surface area contributed by atoms with Gasteiger partial charge in [-0.3, -0.25) is 9.78 Å². The summed E-state index contributed by atoms with van der Waals surface area (Å²) in [6, 6.07) is 17.0. The van der Waals surface area contributed by atoms with E-state index in [0.717, 1.165) is 22.4 Å². The highest BCUT2D eigenvalue weighted by Gasteiger charge is 2.18. The Morgan fingerprint density at radius 2 is 1.94 bits per heavy atom. The van der Waals surface area contributed by atoms with Gasteiger partial charge in [0.1, 0.15) is 5.75 Å². The fraction of sp³-hybridized carbons (Fsp3) is 0.192. The smallest absolute Gasteiger partial charge is 0.253 e. The van der Waals surface area contributed by atoms with Crippen LogP contribution in [0.5, 0.6) is 17.2 Å². The van der Waals surface area contributed by atoms with Crippen LogP contribution in [0.1, 0.15) is 18.1 Å². The summed E-state index contributed by atoms with van der Waals surface area (Å²) in [7, 11) is 0. The normalized spacial score (nSPS) is 11.9. The van der Waals surface area contributed by atoms with E-state index in [1.807, 2.05) is 60.4 Å². The lowest BCUT2D eigenvalue weighted by Gasteiger charge is -2.26. The van der Waals surface area contributed by atoms with E-state index in [2.05, 4.69) is 15.3 Å². The quantitative estimate of drug-likeness (QED) is 0.369. The Bertz CT molecular complexity index is 1410. The standard InChI is InChI=1S/C26H24N4O4S/c1-2-32-21-7-5-20(6-8-21)28-26(35)30(14-17-4-3-9-27-13-17)15-19-10-18-11-23-24(34-16-33-23)12-22(18)29-25(19)31/h3-13H,2,14-16H2,1H3,(H,28,35)(H,29,31). The number of pyridine rings is 2. The third-order valence-corrected chi connectivity index (χ3v) is 5.94. The molecule has 2 N–H and O–H groups in total. The van der Waals surface area contributed by atoms with Crippen molar-refractivity contribution in [1.29, 1.82) is 0 Å². The van der Waals surface area contributed by atoms with Crippen LogP contribution in [0.4, 0.5) is 5.69 Å². The number of nitrogens with zero attached hydrogens (tertiary/aromatic N) is 2. The maximum Gasteiger partial charge on any atom is 0.253 e. The van der Waals surface area contributed by atoms with Gasteiger partial charge in [-0.1, -0.05) is 6.07 Å². The number of benzene rings is 2. The molecule has 0 unspecified atom stereocenters. The first-order valence-electron chi connectivity index (χ1n) is 11.2. The maximum absolute atomic E-state index is 13.0. The third-order valence-electron chi connectivity index (χ3n) is 5.58. The summed E-state index contributed by atoms with van der Waals surface area (Å²) in [6.07, 6.45) is 3.51. The van der Waals surface area contributed by atoms with Crippen LogP contribution in [0.25, 0.3) is 10.9 Å². The highest BCUT2D eigenvalue weighted by atomic mass is 32.1. The summed E-state index contributed by atoms with van der Waals surface area (Å²) in [6.45, 7) is 3.51. The Hall–Kier alpha value is -4.11. The number of anilines is 1. The van der Waals surface area contributed by atoms with E-state index in [0.29, 0.717) is 47.4 Å². The first-order valence-corrected chi connectivity index (χ1v) is 11.6. The molecule has 35 heavy (non-hydrogen) atoms. The Morgan fingerprint density at radius 1 is 1.14 bits per heavy atom. The SMILES string of the molecule is CCOc1ccc(NC(=S)N(Cc2cccnc2)Cc2cc3cc4c(cc3[nH]c2=O)OCO4)cc1. The van der Waals surface area contributed by atoms with Gasteiger partial charge in [-0.15, -0.1) is 0 Å². The molecule has 178 valence electrons. The summed E-state index contributed by atoms with van der Waals surface area (Å²) in [5.74, 6) is 2.08. The first kappa shape index (κ1) is 22.7. The lowest BCUT2D eigenvalue weighted by molar-refractivity contribution is 0.174. The summed E-state index contributed by atoms with van der Waals surface area (Å²) < 4.78 is 16.4. The zero-order valence-electron chi connectivity index (χ0n) is 19.1. The fourth-order valence-corrected chi connectivity index (χ4v) is 4.13. The van der Waals surface area contributed by atoms with E-state index in [9.17, 15) is 4.79 Å². The van der Waals surface area contributed by atoms with E-state index in [1.54, 1.807) is 18.5 Å². The van der Waals surface area contributed by atoms with Crippen molar-refractivity contribution >= 4 is 33.9 Å². The van der Waals surface area contributed by atoms with Crippen LogP contribution < -0.4 is 25.1 Å². The predicted octanol–water partition coefficient (Wildman–Crippen LogP) is 4.45. The maximum atomic E-state index is 13.0. The molecule has 3 heterocycles. The van der Waals surface area contributed by atoms with Gasteiger partial charge >= 0.3 is 0 Å². The van der Waals surface area contributed by atoms with Crippen LogP contribution in [0, 0.1) is 0 Å². The number of hydrogen-bond acceptors (Lipinski definition) is 6. The molecule has 5 rings (SSSR count). The number of aromatic amines is 1. The van der Waals surface area contributed by atoms with Crippen molar-refractivity contribution < 1.29 is 14.2 Å². The van der Waals surface area contributed by atoms with Crippen molar-refractivity contribution in [2.75, 3.05) is 18.7 Å². The van der Waals surface area contributed by atoms with Crippen molar-refractivity contribution in [3.8, 4) is 17.2 Å². The van der Waals surface area contributed by atoms with Crippen molar-refractivity contribution in [2.45, 2.75) is 20.0 Å². The van der Waals surface area contributed by atoms with E-state index in [-0.39, 0.29) is 12.4 Å². The topological polar surface area (TPSA) is 88.7 Å². The Labute approximate surface area is 207 Å². The zero-order valence-corrected chi connectivity index (χ0v) is 19.9. The van der Waals surface area contributed by atoms with Gasteiger partial charge in [0.05, 0.1) is 18.7 Å². The molecule has 2 aromatic carbocycles. The van der Waals surface area contributed by atoms with Crippen LogP contribution >= 0.6 is 12.2 Å². The number of rotatable bonds is 7. The van der Waals surface area contributed by atoms with Crippen LogP contribution in [0.3, 0.4) is 0 Å². The van der Waals surface area contributed by atoms with Crippen LogP contribution in [0.15, 0.2) is 71.8 Å². The number of hydrogen-bond donors (Lipinski definition) is 2.